The molecule has 15 heavy (non-hydrogen) atoms. The van der Waals surface area contributed by atoms with E-state index in [1.807, 2.05) is 6.07 Å². The number of hydrogen-bond donors (Lipinski definition) is 1. The number of hydrogen-bond acceptors (Lipinski definition) is 2. The van der Waals surface area contributed by atoms with Crippen molar-refractivity contribution < 1.29 is 0 Å². The minimum absolute atomic E-state index is 0.492. The lowest BCUT2D eigenvalue weighted by Gasteiger charge is -2.18. The lowest BCUT2D eigenvalue weighted by Crippen LogP contribution is -2.17. The number of anilines is 1. The second kappa shape index (κ2) is 4.12. The van der Waals surface area contributed by atoms with Gasteiger partial charge >= 0.3 is 0 Å². The first-order chi connectivity index (χ1) is 7.07. The molecule has 1 aliphatic rings. The molecule has 82 valence electrons. The quantitative estimate of drug-likeness (QED) is 0.825. The minimum atomic E-state index is 0.492. The number of nitrogens with one attached hydrogen (secondary N) is 1. The summed E-state index contributed by atoms with van der Waals surface area (Å²) >= 11 is 3.46. The van der Waals surface area contributed by atoms with Crippen molar-refractivity contribution in [2.24, 2.45) is 5.41 Å². The maximum absolute atomic E-state index is 4.21. The molecule has 2 rings (SSSR count). The molecular formula is C12H17BrN2. The molecular weight excluding hydrogens is 252 g/mol. The molecule has 1 N–H and O–H groups in total. The standard InChI is InChI=1S/C12H17BrN2/c1-12(2)6-5-9(8-12)15-10-4-3-7-14-11(10)13/h3-4,7,9,15H,5-6,8H2,1-2H3. The van der Waals surface area contributed by atoms with Crippen LogP contribution >= 0.6 is 15.9 Å². The molecule has 1 heterocycles. The van der Waals surface area contributed by atoms with Crippen molar-refractivity contribution in [2.45, 2.75) is 39.2 Å². The molecule has 0 spiro atoms. The van der Waals surface area contributed by atoms with E-state index in [1.54, 1.807) is 6.20 Å². The topological polar surface area (TPSA) is 24.9 Å². The number of pyridine rings is 1. The van der Waals surface area contributed by atoms with E-state index in [2.05, 4.69) is 46.1 Å². The summed E-state index contributed by atoms with van der Waals surface area (Å²) in [5, 5.41) is 3.56. The summed E-state index contributed by atoms with van der Waals surface area (Å²) in [5.41, 5.74) is 1.60. The van der Waals surface area contributed by atoms with Gasteiger partial charge in [-0.1, -0.05) is 13.8 Å². The summed E-state index contributed by atoms with van der Waals surface area (Å²) in [6.45, 7) is 4.68. The van der Waals surface area contributed by atoms with Gasteiger partial charge in [0, 0.05) is 12.2 Å². The van der Waals surface area contributed by atoms with Crippen LogP contribution in [0.4, 0.5) is 5.69 Å². The monoisotopic (exact) mass is 268 g/mol. The molecule has 1 fully saturated rings. The van der Waals surface area contributed by atoms with E-state index in [-0.39, 0.29) is 0 Å². The van der Waals surface area contributed by atoms with E-state index in [0.29, 0.717) is 11.5 Å². The summed E-state index contributed by atoms with van der Waals surface area (Å²) < 4.78 is 0.912. The van der Waals surface area contributed by atoms with Crippen LogP contribution in [0.2, 0.25) is 0 Å². The van der Waals surface area contributed by atoms with Crippen molar-refractivity contribution in [2.75, 3.05) is 5.32 Å². The van der Waals surface area contributed by atoms with Crippen LogP contribution in [0.15, 0.2) is 22.9 Å². The van der Waals surface area contributed by atoms with Gasteiger partial charge in [0.25, 0.3) is 0 Å². The van der Waals surface area contributed by atoms with E-state index in [9.17, 15) is 0 Å². The SMILES string of the molecule is CC1(C)CCC(Nc2cccnc2Br)C1. The molecule has 0 saturated heterocycles. The lowest BCUT2D eigenvalue weighted by molar-refractivity contribution is 0.378. The van der Waals surface area contributed by atoms with Crippen molar-refractivity contribution in [3.8, 4) is 0 Å². The Bertz CT molecular complexity index is 349. The average Bonchev–Trinajstić information content (AvgIpc) is 2.50. The molecule has 0 radical (unpaired) electrons. The van der Waals surface area contributed by atoms with Gasteiger partial charge in [0.15, 0.2) is 0 Å². The van der Waals surface area contributed by atoms with Gasteiger partial charge in [0.05, 0.1) is 5.69 Å². The van der Waals surface area contributed by atoms with Crippen LogP contribution < -0.4 is 5.32 Å². The highest BCUT2D eigenvalue weighted by molar-refractivity contribution is 9.10. The molecule has 0 aromatic carbocycles. The number of aromatic nitrogens is 1. The van der Waals surface area contributed by atoms with Crippen molar-refractivity contribution >= 4 is 21.6 Å². The molecule has 1 unspecified atom stereocenters. The predicted octanol–water partition coefficient (Wildman–Crippen LogP) is 3.83. The van der Waals surface area contributed by atoms with Crippen molar-refractivity contribution in [3.05, 3.63) is 22.9 Å². The highest BCUT2D eigenvalue weighted by atomic mass is 79.9. The Morgan fingerprint density at radius 2 is 2.33 bits per heavy atom. The van der Waals surface area contributed by atoms with E-state index < -0.39 is 0 Å². The highest BCUT2D eigenvalue weighted by Gasteiger charge is 2.30. The molecule has 1 saturated carbocycles. The second-order valence-corrected chi connectivity index (χ2v) is 5.84. The first-order valence-electron chi connectivity index (χ1n) is 5.44. The largest absolute Gasteiger partial charge is 0.380 e. The second-order valence-electron chi connectivity index (χ2n) is 5.09. The Hall–Kier alpha value is -0.570. The molecule has 0 bridgehead atoms. The number of halogens is 1. The van der Waals surface area contributed by atoms with Crippen LogP contribution in [0.3, 0.4) is 0 Å². The first-order valence-corrected chi connectivity index (χ1v) is 6.23. The first kappa shape index (κ1) is 10.9. The maximum Gasteiger partial charge on any atom is 0.129 e. The Morgan fingerprint density at radius 3 is 2.93 bits per heavy atom. The summed E-state index contributed by atoms with van der Waals surface area (Å²) in [7, 11) is 0. The van der Waals surface area contributed by atoms with Crippen LogP contribution in [0.1, 0.15) is 33.1 Å². The fourth-order valence-electron chi connectivity index (χ4n) is 2.27. The third-order valence-corrected chi connectivity index (χ3v) is 3.72. The zero-order valence-corrected chi connectivity index (χ0v) is 10.8. The Morgan fingerprint density at radius 1 is 1.53 bits per heavy atom. The average molecular weight is 269 g/mol. The smallest absolute Gasteiger partial charge is 0.129 e. The third-order valence-electron chi connectivity index (χ3n) is 3.09. The van der Waals surface area contributed by atoms with Crippen molar-refractivity contribution in [3.63, 3.8) is 0 Å². The molecule has 0 amide bonds. The third kappa shape index (κ3) is 2.71. The molecule has 2 nitrogen and oxygen atoms in total. The lowest BCUT2D eigenvalue weighted by atomic mass is 9.92. The zero-order valence-electron chi connectivity index (χ0n) is 9.26. The predicted molar refractivity (Wildman–Crippen MR) is 67.0 cm³/mol. The Labute approximate surface area is 99.6 Å². The van der Waals surface area contributed by atoms with Crippen LogP contribution in [0.25, 0.3) is 0 Å². The van der Waals surface area contributed by atoms with Gasteiger partial charge in [-0.15, -0.1) is 0 Å². The van der Waals surface area contributed by atoms with E-state index >= 15 is 0 Å². The summed E-state index contributed by atoms with van der Waals surface area (Å²) in [5.74, 6) is 0. The van der Waals surface area contributed by atoms with Gasteiger partial charge in [-0.2, -0.15) is 0 Å². The van der Waals surface area contributed by atoms with Crippen molar-refractivity contribution in [1.29, 1.82) is 0 Å². The molecule has 1 atom stereocenters. The highest BCUT2D eigenvalue weighted by Crippen LogP contribution is 2.38. The summed E-state index contributed by atoms with van der Waals surface area (Å²) in [4.78, 5) is 4.21. The van der Waals surface area contributed by atoms with Crippen LogP contribution in [-0.4, -0.2) is 11.0 Å². The molecule has 3 heteroatoms. The zero-order chi connectivity index (χ0) is 10.9. The molecule has 0 aliphatic heterocycles. The number of nitrogens with zero attached hydrogens (tertiary/aromatic N) is 1. The molecule has 1 aromatic heterocycles. The molecule has 1 aromatic rings. The Kier molecular flexibility index (Phi) is 3.01. The van der Waals surface area contributed by atoms with Gasteiger partial charge < -0.3 is 5.32 Å². The molecule has 1 aliphatic carbocycles. The summed E-state index contributed by atoms with van der Waals surface area (Å²) in [6.07, 6.45) is 5.61. The van der Waals surface area contributed by atoms with E-state index in [4.69, 9.17) is 0 Å². The van der Waals surface area contributed by atoms with Crippen LogP contribution in [0, 0.1) is 5.41 Å². The van der Waals surface area contributed by atoms with E-state index in [0.717, 1.165) is 10.3 Å². The van der Waals surface area contributed by atoms with Gasteiger partial charge in [0.1, 0.15) is 4.60 Å². The van der Waals surface area contributed by atoms with Crippen LogP contribution in [-0.2, 0) is 0 Å². The fraction of sp³-hybridized carbons (Fsp3) is 0.583. The van der Waals surface area contributed by atoms with Crippen molar-refractivity contribution in [1.82, 2.24) is 4.98 Å². The summed E-state index contributed by atoms with van der Waals surface area (Å²) in [6, 6.07) is 4.63. The normalized spacial score (nSPS) is 24.1. The minimum Gasteiger partial charge on any atom is -0.380 e. The fourth-order valence-corrected chi connectivity index (χ4v) is 2.64. The maximum atomic E-state index is 4.21. The van der Waals surface area contributed by atoms with Gasteiger partial charge in [-0.25, -0.2) is 4.98 Å². The van der Waals surface area contributed by atoms with Gasteiger partial charge in [-0.3, -0.25) is 0 Å². The van der Waals surface area contributed by atoms with E-state index in [1.165, 1.54) is 19.3 Å². The van der Waals surface area contributed by atoms with Gasteiger partial charge in [0.2, 0.25) is 0 Å². The Balaban J connectivity index is 2.02. The number of rotatable bonds is 2. The van der Waals surface area contributed by atoms with Gasteiger partial charge in [-0.05, 0) is 52.7 Å². The van der Waals surface area contributed by atoms with Crippen LogP contribution in [0.5, 0.6) is 0 Å².